The van der Waals surface area contributed by atoms with Crippen LogP contribution >= 0.6 is 0 Å². The van der Waals surface area contributed by atoms with Crippen molar-refractivity contribution in [1.29, 1.82) is 0 Å². The van der Waals surface area contributed by atoms with E-state index in [1.807, 2.05) is 7.05 Å². The smallest absolute Gasteiger partial charge is 0.0793 e. The van der Waals surface area contributed by atoms with E-state index in [4.69, 9.17) is 0 Å². The minimum absolute atomic E-state index is 0.291. The van der Waals surface area contributed by atoms with Gasteiger partial charge in [0.25, 0.3) is 0 Å². The van der Waals surface area contributed by atoms with Gasteiger partial charge in [0.1, 0.15) is 0 Å². The van der Waals surface area contributed by atoms with Crippen LogP contribution in [0.25, 0.3) is 10.8 Å². The van der Waals surface area contributed by atoms with Crippen LogP contribution in [0.2, 0.25) is 0 Å². The summed E-state index contributed by atoms with van der Waals surface area (Å²) in [5.74, 6) is 3.57. The Balaban J connectivity index is 1.17. The fraction of sp³-hybridized carbons (Fsp3) is 0.706. The van der Waals surface area contributed by atoms with Gasteiger partial charge in [0.2, 0.25) is 0 Å². The van der Waals surface area contributed by atoms with Gasteiger partial charge in [0.05, 0.1) is 6.10 Å². The van der Waals surface area contributed by atoms with E-state index in [2.05, 4.69) is 35.6 Å². The van der Waals surface area contributed by atoms with Crippen molar-refractivity contribution in [2.75, 3.05) is 7.05 Å². The lowest BCUT2D eigenvalue weighted by Crippen LogP contribution is -2.16. The Kier molecular flexibility index (Phi) is 9.42. The Bertz CT molecular complexity index is 961. The number of hydrogen-bond acceptors (Lipinski definition) is 2. The fourth-order valence-electron chi connectivity index (χ4n) is 8.06. The van der Waals surface area contributed by atoms with E-state index in [1.165, 1.54) is 124 Å². The molecule has 2 N–H and O–H groups in total. The molecule has 0 amide bonds. The molecule has 0 aliphatic heterocycles. The summed E-state index contributed by atoms with van der Waals surface area (Å²) in [6.45, 7) is 0.900. The summed E-state index contributed by atoms with van der Waals surface area (Å²) < 4.78 is 0. The third-order valence-corrected chi connectivity index (χ3v) is 10.2. The highest BCUT2D eigenvalue weighted by molar-refractivity contribution is 5.88. The van der Waals surface area contributed by atoms with Crippen molar-refractivity contribution in [2.24, 2.45) is 17.8 Å². The summed E-state index contributed by atoms with van der Waals surface area (Å²) in [6.07, 6.45) is 23.8. The molecule has 198 valence electrons. The van der Waals surface area contributed by atoms with Crippen LogP contribution in [0.3, 0.4) is 0 Å². The SMILES string of the molecule is CNCc1ccc2ccc3c(c2c1)C(CCC1CCCC(CCCC2CCCCC2)CC1)CCC3O. The van der Waals surface area contributed by atoms with Gasteiger partial charge in [-0.15, -0.1) is 0 Å². The second-order valence-corrected chi connectivity index (χ2v) is 12.7. The maximum atomic E-state index is 10.8. The van der Waals surface area contributed by atoms with E-state index in [0.29, 0.717) is 5.92 Å². The minimum atomic E-state index is -0.291. The molecule has 0 saturated heterocycles. The van der Waals surface area contributed by atoms with E-state index >= 15 is 0 Å². The first-order chi connectivity index (χ1) is 17.7. The lowest BCUT2D eigenvalue weighted by atomic mass is 9.75. The molecule has 0 aromatic heterocycles. The highest BCUT2D eigenvalue weighted by Gasteiger charge is 2.29. The minimum Gasteiger partial charge on any atom is -0.388 e. The quantitative estimate of drug-likeness (QED) is 0.344. The monoisotopic (exact) mass is 489 g/mol. The van der Waals surface area contributed by atoms with Crippen LogP contribution in [0.15, 0.2) is 30.3 Å². The van der Waals surface area contributed by atoms with E-state index in [1.54, 1.807) is 0 Å². The van der Waals surface area contributed by atoms with Gasteiger partial charge in [-0.3, -0.25) is 0 Å². The molecule has 5 rings (SSSR count). The van der Waals surface area contributed by atoms with Crippen molar-refractivity contribution in [3.05, 3.63) is 47.0 Å². The molecule has 0 heterocycles. The number of benzene rings is 2. The molecule has 2 nitrogen and oxygen atoms in total. The summed E-state index contributed by atoms with van der Waals surface area (Å²) in [7, 11) is 2.02. The van der Waals surface area contributed by atoms with E-state index in [-0.39, 0.29) is 6.10 Å². The molecular formula is C34H51NO. The summed E-state index contributed by atoms with van der Waals surface area (Å²) >= 11 is 0. The Morgan fingerprint density at radius 2 is 1.42 bits per heavy atom. The zero-order chi connectivity index (χ0) is 24.7. The van der Waals surface area contributed by atoms with E-state index in [9.17, 15) is 5.11 Å². The Hall–Kier alpha value is -1.38. The number of rotatable bonds is 9. The first-order valence-corrected chi connectivity index (χ1v) is 15.6. The van der Waals surface area contributed by atoms with Gasteiger partial charge in [-0.1, -0.05) is 108 Å². The van der Waals surface area contributed by atoms with Crippen molar-refractivity contribution in [3.8, 4) is 0 Å². The molecule has 2 fully saturated rings. The summed E-state index contributed by atoms with van der Waals surface area (Å²) in [4.78, 5) is 0. The van der Waals surface area contributed by atoms with Gasteiger partial charge in [0, 0.05) is 6.54 Å². The lowest BCUT2D eigenvalue weighted by molar-refractivity contribution is 0.149. The Labute approximate surface area is 220 Å². The van der Waals surface area contributed by atoms with Gasteiger partial charge >= 0.3 is 0 Å². The molecule has 2 saturated carbocycles. The van der Waals surface area contributed by atoms with Gasteiger partial charge < -0.3 is 10.4 Å². The van der Waals surface area contributed by atoms with Crippen molar-refractivity contribution in [1.82, 2.24) is 5.32 Å². The third-order valence-electron chi connectivity index (χ3n) is 10.2. The standard InChI is InChI=1S/C34H51NO/c1-35-24-28-16-17-29-19-21-31-33(36)22-20-30(34(31)32(29)23-28)18-15-27-12-6-11-26(13-14-27)10-5-9-25-7-3-2-4-8-25/h16-17,19,21,23,25-27,30,33,35-36H,2-15,18,20,22,24H2,1H3. The fourth-order valence-corrected chi connectivity index (χ4v) is 8.06. The van der Waals surface area contributed by atoms with Crippen LogP contribution in [0.5, 0.6) is 0 Å². The lowest BCUT2D eigenvalue weighted by Gasteiger charge is -2.31. The maximum Gasteiger partial charge on any atom is 0.0793 e. The topological polar surface area (TPSA) is 32.3 Å². The molecule has 0 bridgehead atoms. The van der Waals surface area contributed by atoms with Crippen molar-refractivity contribution in [2.45, 2.75) is 128 Å². The second kappa shape index (κ2) is 12.9. The van der Waals surface area contributed by atoms with E-state index < -0.39 is 0 Å². The van der Waals surface area contributed by atoms with Crippen LogP contribution in [0.1, 0.15) is 138 Å². The number of aliphatic hydroxyl groups is 1. The van der Waals surface area contributed by atoms with E-state index in [0.717, 1.165) is 37.1 Å². The van der Waals surface area contributed by atoms with Gasteiger partial charge in [-0.05, 0) is 89.9 Å². The molecular weight excluding hydrogens is 438 g/mol. The first-order valence-electron chi connectivity index (χ1n) is 15.6. The molecule has 2 heteroatoms. The number of nitrogens with one attached hydrogen (secondary N) is 1. The van der Waals surface area contributed by atoms with Crippen molar-refractivity contribution >= 4 is 10.8 Å². The van der Waals surface area contributed by atoms with Gasteiger partial charge in [0.15, 0.2) is 0 Å². The molecule has 0 radical (unpaired) electrons. The summed E-state index contributed by atoms with van der Waals surface area (Å²) in [5.41, 5.74) is 4.02. The van der Waals surface area contributed by atoms with Crippen molar-refractivity contribution < 1.29 is 5.11 Å². The highest BCUT2D eigenvalue weighted by atomic mass is 16.3. The largest absolute Gasteiger partial charge is 0.388 e. The van der Waals surface area contributed by atoms with Gasteiger partial charge in [-0.2, -0.15) is 0 Å². The molecule has 4 atom stereocenters. The third kappa shape index (κ3) is 6.54. The normalized spacial score (nSPS) is 27.6. The zero-order valence-electron chi connectivity index (χ0n) is 22.9. The first kappa shape index (κ1) is 26.2. The second-order valence-electron chi connectivity index (χ2n) is 12.7. The molecule has 2 aromatic rings. The molecule has 36 heavy (non-hydrogen) atoms. The number of hydrogen-bond donors (Lipinski definition) is 2. The van der Waals surface area contributed by atoms with Crippen LogP contribution in [0, 0.1) is 17.8 Å². The van der Waals surface area contributed by atoms with Crippen LogP contribution in [0.4, 0.5) is 0 Å². The summed E-state index contributed by atoms with van der Waals surface area (Å²) in [5, 5.41) is 16.9. The molecule has 0 spiro atoms. The van der Waals surface area contributed by atoms with Crippen LogP contribution < -0.4 is 5.32 Å². The molecule has 3 aliphatic carbocycles. The number of aliphatic hydroxyl groups excluding tert-OH is 1. The Morgan fingerprint density at radius 1 is 0.722 bits per heavy atom. The highest BCUT2D eigenvalue weighted by Crippen LogP contribution is 2.45. The zero-order valence-corrected chi connectivity index (χ0v) is 22.9. The van der Waals surface area contributed by atoms with Crippen LogP contribution in [-0.4, -0.2) is 12.2 Å². The maximum absolute atomic E-state index is 10.8. The predicted octanol–water partition coefficient (Wildman–Crippen LogP) is 9.20. The molecule has 2 aromatic carbocycles. The van der Waals surface area contributed by atoms with Crippen LogP contribution in [-0.2, 0) is 6.54 Å². The summed E-state index contributed by atoms with van der Waals surface area (Å²) in [6, 6.07) is 11.4. The molecule has 3 aliphatic rings. The molecule has 4 unspecified atom stereocenters. The average molecular weight is 490 g/mol. The Morgan fingerprint density at radius 3 is 2.19 bits per heavy atom. The number of fused-ring (bicyclic) bond motifs is 3. The average Bonchev–Trinajstić information content (AvgIpc) is 3.14. The predicted molar refractivity (Wildman–Crippen MR) is 153 cm³/mol. The van der Waals surface area contributed by atoms with Crippen molar-refractivity contribution in [3.63, 3.8) is 0 Å². The van der Waals surface area contributed by atoms with Gasteiger partial charge in [-0.25, -0.2) is 0 Å².